The van der Waals surface area contributed by atoms with E-state index < -0.39 is 0 Å². The van der Waals surface area contributed by atoms with Gasteiger partial charge in [0.05, 0.1) is 11.4 Å². The lowest BCUT2D eigenvalue weighted by atomic mass is 10.1. The third kappa shape index (κ3) is 3.18. The van der Waals surface area contributed by atoms with Crippen molar-refractivity contribution in [2.75, 3.05) is 10.6 Å². The van der Waals surface area contributed by atoms with Crippen molar-refractivity contribution in [1.82, 2.24) is 0 Å². The summed E-state index contributed by atoms with van der Waals surface area (Å²) in [6.07, 6.45) is 1.86. The van der Waals surface area contributed by atoms with E-state index in [0.29, 0.717) is 0 Å². The Bertz CT molecular complexity index is 749. The van der Waals surface area contributed by atoms with Crippen molar-refractivity contribution in [3.8, 4) is 0 Å². The minimum absolute atomic E-state index is 1.02. The number of anilines is 4. The SMILES string of the molecule is C=Cc1cccc(Nc2ccccc2)c1Nc1ccccc1. The van der Waals surface area contributed by atoms with Crippen LogP contribution in [0.25, 0.3) is 6.08 Å². The molecule has 108 valence electrons. The molecule has 3 rings (SSSR count). The molecule has 0 aliphatic carbocycles. The van der Waals surface area contributed by atoms with E-state index in [4.69, 9.17) is 0 Å². The molecular formula is C20H18N2. The van der Waals surface area contributed by atoms with Crippen molar-refractivity contribution in [3.05, 3.63) is 91.0 Å². The van der Waals surface area contributed by atoms with Crippen LogP contribution in [0.1, 0.15) is 5.56 Å². The van der Waals surface area contributed by atoms with Crippen molar-refractivity contribution in [1.29, 1.82) is 0 Å². The first-order chi connectivity index (χ1) is 10.9. The molecule has 3 aromatic carbocycles. The van der Waals surface area contributed by atoms with Gasteiger partial charge < -0.3 is 10.6 Å². The summed E-state index contributed by atoms with van der Waals surface area (Å²) in [5.41, 5.74) is 5.21. The first-order valence-corrected chi connectivity index (χ1v) is 7.26. The zero-order valence-corrected chi connectivity index (χ0v) is 12.3. The van der Waals surface area contributed by atoms with E-state index >= 15 is 0 Å². The van der Waals surface area contributed by atoms with Crippen molar-refractivity contribution in [3.63, 3.8) is 0 Å². The minimum Gasteiger partial charge on any atom is -0.354 e. The Kier molecular flexibility index (Phi) is 4.21. The molecule has 0 fully saturated rings. The van der Waals surface area contributed by atoms with Gasteiger partial charge in [0.1, 0.15) is 0 Å². The van der Waals surface area contributed by atoms with Gasteiger partial charge in [0, 0.05) is 11.4 Å². The Morgan fingerprint density at radius 2 is 1.23 bits per heavy atom. The van der Waals surface area contributed by atoms with Crippen LogP contribution in [-0.4, -0.2) is 0 Å². The molecule has 0 amide bonds. The van der Waals surface area contributed by atoms with Crippen LogP contribution < -0.4 is 10.6 Å². The maximum Gasteiger partial charge on any atom is 0.0696 e. The topological polar surface area (TPSA) is 24.1 Å². The van der Waals surface area contributed by atoms with Gasteiger partial charge in [-0.25, -0.2) is 0 Å². The molecule has 2 heteroatoms. The molecular weight excluding hydrogens is 268 g/mol. The van der Waals surface area contributed by atoms with Crippen LogP contribution in [0.15, 0.2) is 85.4 Å². The maximum atomic E-state index is 3.91. The average molecular weight is 286 g/mol. The lowest BCUT2D eigenvalue weighted by Gasteiger charge is -2.16. The molecule has 3 aromatic rings. The quantitative estimate of drug-likeness (QED) is 0.617. The van der Waals surface area contributed by atoms with Gasteiger partial charge >= 0.3 is 0 Å². The zero-order chi connectivity index (χ0) is 15.2. The number of benzene rings is 3. The second-order valence-corrected chi connectivity index (χ2v) is 4.96. The second kappa shape index (κ2) is 6.64. The first-order valence-electron chi connectivity index (χ1n) is 7.26. The molecule has 0 spiro atoms. The molecule has 2 nitrogen and oxygen atoms in total. The Labute approximate surface area is 131 Å². The van der Waals surface area contributed by atoms with Crippen LogP contribution in [0.4, 0.5) is 22.7 Å². The molecule has 0 saturated heterocycles. The summed E-state index contributed by atoms with van der Waals surface area (Å²) in [5.74, 6) is 0. The van der Waals surface area contributed by atoms with E-state index in [2.05, 4.69) is 29.3 Å². The van der Waals surface area contributed by atoms with Crippen LogP contribution in [0.5, 0.6) is 0 Å². The smallest absolute Gasteiger partial charge is 0.0696 e. The second-order valence-electron chi connectivity index (χ2n) is 4.96. The van der Waals surface area contributed by atoms with Gasteiger partial charge in [0.25, 0.3) is 0 Å². The summed E-state index contributed by atoms with van der Waals surface area (Å²) >= 11 is 0. The Morgan fingerprint density at radius 3 is 1.82 bits per heavy atom. The van der Waals surface area contributed by atoms with Crippen LogP contribution in [-0.2, 0) is 0 Å². The van der Waals surface area contributed by atoms with Crippen molar-refractivity contribution in [2.45, 2.75) is 0 Å². The van der Waals surface area contributed by atoms with Crippen LogP contribution in [0.3, 0.4) is 0 Å². The van der Waals surface area contributed by atoms with E-state index in [1.165, 1.54) is 0 Å². The molecule has 0 bridgehead atoms. The highest BCUT2D eigenvalue weighted by atomic mass is 15.0. The van der Waals surface area contributed by atoms with E-state index in [1.807, 2.05) is 72.8 Å². The van der Waals surface area contributed by atoms with Gasteiger partial charge in [-0.05, 0) is 35.9 Å². The van der Waals surface area contributed by atoms with E-state index in [0.717, 1.165) is 28.3 Å². The largest absolute Gasteiger partial charge is 0.354 e. The summed E-state index contributed by atoms with van der Waals surface area (Å²) in [6.45, 7) is 3.91. The lowest BCUT2D eigenvalue weighted by Crippen LogP contribution is -1.99. The van der Waals surface area contributed by atoms with Crippen molar-refractivity contribution < 1.29 is 0 Å². The number of nitrogens with one attached hydrogen (secondary N) is 2. The number of rotatable bonds is 5. The number of hydrogen-bond donors (Lipinski definition) is 2. The summed E-state index contributed by atoms with van der Waals surface area (Å²) in [6, 6.07) is 26.4. The fraction of sp³-hybridized carbons (Fsp3) is 0. The summed E-state index contributed by atoms with van der Waals surface area (Å²) < 4.78 is 0. The molecule has 0 atom stereocenters. The van der Waals surface area contributed by atoms with Gasteiger partial charge in [0.15, 0.2) is 0 Å². The number of hydrogen-bond acceptors (Lipinski definition) is 2. The van der Waals surface area contributed by atoms with Gasteiger partial charge in [0.2, 0.25) is 0 Å². The predicted octanol–water partition coefficient (Wildman–Crippen LogP) is 5.82. The fourth-order valence-electron chi connectivity index (χ4n) is 2.33. The lowest BCUT2D eigenvalue weighted by molar-refractivity contribution is 1.49. The van der Waals surface area contributed by atoms with E-state index in [-0.39, 0.29) is 0 Å². The van der Waals surface area contributed by atoms with E-state index in [1.54, 1.807) is 0 Å². The highest BCUT2D eigenvalue weighted by molar-refractivity contribution is 5.85. The Hall–Kier alpha value is -3.00. The molecule has 0 heterocycles. The summed E-state index contributed by atoms with van der Waals surface area (Å²) in [4.78, 5) is 0. The Balaban J connectivity index is 1.97. The molecule has 0 saturated carbocycles. The number of para-hydroxylation sites is 3. The summed E-state index contributed by atoms with van der Waals surface area (Å²) in [7, 11) is 0. The van der Waals surface area contributed by atoms with Crippen LogP contribution in [0, 0.1) is 0 Å². The van der Waals surface area contributed by atoms with Crippen LogP contribution in [0.2, 0.25) is 0 Å². The molecule has 0 radical (unpaired) electrons. The molecule has 0 unspecified atom stereocenters. The van der Waals surface area contributed by atoms with Gasteiger partial charge in [-0.1, -0.05) is 61.2 Å². The van der Waals surface area contributed by atoms with Crippen molar-refractivity contribution >= 4 is 28.8 Å². The minimum atomic E-state index is 1.02. The predicted molar refractivity (Wildman–Crippen MR) is 96.0 cm³/mol. The Morgan fingerprint density at radius 1 is 0.636 bits per heavy atom. The van der Waals surface area contributed by atoms with Gasteiger partial charge in [-0.3, -0.25) is 0 Å². The molecule has 0 aliphatic heterocycles. The molecule has 0 aromatic heterocycles. The maximum absolute atomic E-state index is 3.91. The average Bonchev–Trinajstić information content (AvgIpc) is 2.58. The fourth-order valence-corrected chi connectivity index (χ4v) is 2.33. The zero-order valence-electron chi connectivity index (χ0n) is 12.3. The monoisotopic (exact) mass is 286 g/mol. The van der Waals surface area contributed by atoms with Crippen LogP contribution >= 0.6 is 0 Å². The summed E-state index contributed by atoms with van der Waals surface area (Å²) in [5, 5.41) is 6.94. The first kappa shape index (κ1) is 14.0. The normalized spacial score (nSPS) is 10.0. The highest BCUT2D eigenvalue weighted by Gasteiger charge is 2.07. The third-order valence-electron chi connectivity index (χ3n) is 3.41. The van der Waals surface area contributed by atoms with Gasteiger partial charge in [-0.15, -0.1) is 0 Å². The van der Waals surface area contributed by atoms with E-state index in [9.17, 15) is 0 Å². The van der Waals surface area contributed by atoms with Crippen molar-refractivity contribution in [2.24, 2.45) is 0 Å². The third-order valence-corrected chi connectivity index (χ3v) is 3.41. The standard InChI is InChI=1S/C20H18N2/c1-2-16-10-9-15-19(21-17-11-5-3-6-12-17)20(16)22-18-13-7-4-8-14-18/h2-15,21-22H,1H2. The highest BCUT2D eigenvalue weighted by Crippen LogP contribution is 2.32. The van der Waals surface area contributed by atoms with Gasteiger partial charge in [-0.2, -0.15) is 0 Å². The molecule has 22 heavy (non-hydrogen) atoms. The molecule has 2 N–H and O–H groups in total. The molecule has 0 aliphatic rings.